The van der Waals surface area contributed by atoms with Gasteiger partial charge in [-0.3, -0.25) is 19.2 Å². The number of aromatic nitrogens is 1. The number of hydrogen-bond donors (Lipinski definition) is 2. The molecule has 49 heavy (non-hydrogen) atoms. The average molecular weight is 747 g/mol. The Morgan fingerprint density at radius 3 is 2.47 bits per heavy atom. The number of carbonyl (C=O) groups excluding carboxylic acids is 3. The Morgan fingerprint density at radius 2 is 1.71 bits per heavy atom. The number of aromatic amines is 1. The van der Waals surface area contributed by atoms with Gasteiger partial charge in [0.2, 0.25) is 11.8 Å². The molecule has 6 unspecified atom stereocenters. The standard InChI is InChI=1S/C34H24Cl2F3N3O5S2/c35-20-9-8-15(11-21(20)36)40-23(43)13-47-16-5-3-4-14(10-16)24-25-17-12-18(28(25)48-30-29(24)49-33(46)41-30)27-26(17)31(44)42(32(27)45)22-7-2-1-6-19(22)34(37,38)39/h1-11,17-18,24-28H,12-13H2,(H,40,43)(H,41,46)/t17?,18?,24-,25?,26?,27?,28?/m1/s1. The first kappa shape index (κ1) is 32.4. The molecule has 2 N–H and O–H groups in total. The molecule has 2 saturated carbocycles. The molecule has 8 nitrogen and oxygen atoms in total. The van der Waals surface area contributed by atoms with E-state index in [-0.39, 0.29) is 45.4 Å². The molecule has 3 heterocycles. The first-order valence-electron chi connectivity index (χ1n) is 15.3. The molecule has 4 aliphatic rings. The lowest BCUT2D eigenvalue weighted by molar-refractivity contribution is -0.137. The second-order valence-corrected chi connectivity index (χ2v) is 15.5. The minimum atomic E-state index is -4.75. The SMILES string of the molecule is O=C(COc1cccc([C@H]2c3sc(=O)[nH]c3SC3C4CC(C5C(=O)N(c6ccccc6C(F)(F)F)C(=O)C45)C32)c1)Nc1ccc(Cl)c(Cl)c1. The smallest absolute Gasteiger partial charge is 0.418 e. The summed E-state index contributed by atoms with van der Waals surface area (Å²) in [6, 6.07) is 16.6. The maximum Gasteiger partial charge on any atom is 0.418 e. The summed E-state index contributed by atoms with van der Waals surface area (Å²) in [7, 11) is 0. The van der Waals surface area contributed by atoms with Crippen molar-refractivity contribution in [3.05, 3.63) is 102 Å². The van der Waals surface area contributed by atoms with Crippen molar-refractivity contribution >= 4 is 75.4 Å². The van der Waals surface area contributed by atoms with Crippen LogP contribution in [0.4, 0.5) is 24.5 Å². The zero-order valence-electron chi connectivity index (χ0n) is 25.0. The summed E-state index contributed by atoms with van der Waals surface area (Å²) in [5.41, 5.74) is -0.222. The number of alkyl halides is 3. The van der Waals surface area contributed by atoms with Crippen molar-refractivity contribution in [1.82, 2.24) is 4.98 Å². The monoisotopic (exact) mass is 745 g/mol. The third-order valence-electron chi connectivity index (χ3n) is 9.96. The van der Waals surface area contributed by atoms with E-state index < -0.39 is 47.0 Å². The summed E-state index contributed by atoms with van der Waals surface area (Å²) < 4.78 is 47.8. The highest BCUT2D eigenvalue weighted by Crippen LogP contribution is 2.69. The van der Waals surface area contributed by atoms with E-state index >= 15 is 0 Å². The van der Waals surface area contributed by atoms with Crippen molar-refractivity contribution < 1.29 is 32.3 Å². The van der Waals surface area contributed by atoms with E-state index in [0.29, 0.717) is 27.9 Å². The van der Waals surface area contributed by atoms with Gasteiger partial charge in [-0.25, -0.2) is 4.90 Å². The normalized spacial score (nSPS) is 26.8. The van der Waals surface area contributed by atoms with Crippen LogP contribution in [0.25, 0.3) is 0 Å². The molecule has 4 aromatic rings. The van der Waals surface area contributed by atoms with Crippen molar-refractivity contribution in [3.63, 3.8) is 0 Å². The number of nitrogens with one attached hydrogen (secondary N) is 2. The zero-order valence-corrected chi connectivity index (χ0v) is 28.1. The second kappa shape index (κ2) is 11.9. The van der Waals surface area contributed by atoms with Crippen LogP contribution in [-0.2, 0) is 20.6 Å². The molecule has 252 valence electrons. The van der Waals surface area contributed by atoms with E-state index in [9.17, 15) is 32.3 Å². The fourth-order valence-corrected chi connectivity index (χ4v) is 11.4. The summed E-state index contributed by atoms with van der Waals surface area (Å²) in [6.45, 7) is -0.306. The number of halogens is 5. The first-order valence-corrected chi connectivity index (χ1v) is 17.8. The van der Waals surface area contributed by atoms with Gasteiger partial charge in [0.25, 0.3) is 5.91 Å². The van der Waals surface area contributed by atoms with E-state index in [2.05, 4.69) is 10.3 Å². The lowest BCUT2D eigenvalue weighted by atomic mass is 9.68. The number of H-pyrrole nitrogens is 1. The van der Waals surface area contributed by atoms with Crippen LogP contribution in [-0.4, -0.2) is 34.6 Å². The molecule has 8 rings (SSSR count). The van der Waals surface area contributed by atoms with Gasteiger partial charge in [0, 0.05) is 21.7 Å². The molecule has 0 spiro atoms. The van der Waals surface area contributed by atoms with Crippen molar-refractivity contribution in [1.29, 1.82) is 0 Å². The number of thioether (sulfide) groups is 1. The molecule has 3 amide bonds. The van der Waals surface area contributed by atoms with Gasteiger partial charge in [0.1, 0.15) is 5.75 Å². The third kappa shape index (κ3) is 5.36. The van der Waals surface area contributed by atoms with Gasteiger partial charge in [0.15, 0.2) is 6.61 Å². The number of nitrogens with zero attached hydrogens (tertiary/aromatic N) is 1. The second-order valence-electron chi connectivity index (χ2n) is 12.5. The maximum atomic E-state index is 14.0. The number of imide groups is 1. The summed E-state index contributed by atoms with van der Waals surface area (Å²) in [5, 5.41) is 3.87. The summed E-state index contributed by atoms with van der Waals surface area (Å²) in [6.07, 6.45) is -4.18. The average Bonchev–Trinajstić information content (AvgIpc) is 3.80. The van der Waals surface area contributed by atoms with Crippen molar-refractivity contribution in [2.45, 2.75) is 28.8 Å². The topological polar surface area (TPSA) is 109 Å². The number of benzene rings is 3. The molecule has 3 aromatic carbocycles. The van der Waals surface area contributed by atoms with Crippen molar-refractivity contribution in [2.75, 3.05) is 16.8 Å². The molecule has 3 fully saturated rings. The fourth-order valence-electron chi connectivity index (χ4n) is 8.25. The van der Waals surface area contributed by atoms with Crippen LogP contribution in [0.2, 0.25) is 10.0 Å². The van der Waals surface area contributed by atoms with Gasteiger partial charge in [-0.2, -0.15) is 13.2 Å². The molecule has 1 saturated heterocycles. The number of fused-ring (bicyclic) bond motifs is 9. The van der Waals surface area contributed by atoms with Gasteiger partial charge in [-0.15, -0.1) is 11.8 Å². The number of hydrogen-bond acceptors (Lipinski definition) is 7. The number of rotatable bonds is 6. The van der Waals surface area contributed by atoms with Gasteiger partial charge < -0.3 is 15.0 Å². The highest BCUT2D eigenvalue weighted by molar-refractivity contribution is 8.00. The molecule has 2 bridgehead atoms. The number of para-hydroxylation sites is 1. The Bertz CT molecular complexity index is 2110. The molecule has 2 aliphatic carbocycles. The van der Waals surface area contributed by atoms with E-state index in [1.54, 1.807) is 30.3 Å². The summed E-state index contributed by atoms with van der Waals surface area (Å²) in [5.74, 6) is -3.86. The van der Waals surface area contributed by atoms with Gasteiger partial charge in [-0.05, 0) is 72.2 Å². The minimum Gasteiger partial charge on any atom is -0.484 e. The van der Waals surface area contributed by atoms with Crippen LogP contribution in [0.5, 0.6) is 5.75 Å². The molecule has 0 radical (unpaired) electrons. The summed E-state index contributed by atoms with van der Waals surface area (Å²) >= 11 is 14.6. The number of amides is 3. The van der Waals surface area contributed by atoms with Crippen LogP contribution in [0.3, 0.4) is 0 Å². The minimum absolute atomic E-state index is 0.162. The van der Waals surface area contributed by atoms with Crippen LogP contribution in [0.1, 0.15) is 28.3 Å². The number of thiazole rings is 1. The fraction of sp³-hybridized carbons (Fsp3) is 0.294. The van der Waals surface area contributed by atoms with Gasteiger partial charge in [-0.1, -0.05) is 58.8 Å². The molecular formula is C34H24Cl2F3N3O5S2. The molecule has 15 heteroatoms. The zero-order chi connectivity index (χ0) is 34.4. The predicted octanol–water partition coefficient (Wildman–Crippen LogP) is 7.46. The Hall–Kier alpha value is -3.78. The first-order chi connectivity index (χ1) is 23.4. The Kier molecular flexibility index (Phi) is 7.89. The van der Waals surface area contributed by atoms with Gasteiger partial charge in [0.05, 0.1) is 38.2 Å². The number of ether oxygens (including phenoxy) is 1. The lowest BCUT2D eigenvalue weighted by Gasteiger charge is -2.43. The molecule has 2 aliphatic heterocycles. The lowest BCUT2D eigenvalue weighted by Crippen LogP contribution is -2.42. The maximum absolute atomic E-state index is 14.0. The van der Waals surface area contributed by atoms with Crippen LogP contribution >= 0.6 is 46.3 Å². The predicted molar refractivity (Wildman–Crippen MR) is 179 cm³/mol. The van der Waals surface area contributed by atoms with E-state index in [0.717, 1.165) is 32.7 Å². The van der Waals surface area contributed by atoms with Crippen LogP contribution in [0, 0.1) is 29.6 Å². The highest BCUT2D eigenvalue weighted by atomic mass is 35.5. The number of carbonyl (C=O) groups is 3. The van der Waals surface area contributed by atoms with Crippen molar-refractivity contribution in [2.24, 2.45) is 29.6 Å². The quantitative estimate of drug-likeness (QED) is 0.199. The largest absolute Gasteiger partial charge is 0.484 e. The third-order valence-corrected chi connectivity index (χ3v) is 13.3. The van der Waals surface area contributed by atoms with E-state index in [4.69, 9.17) is 27.9 Å². The van der Waals surface area contributed by atoms with Crippen molar-refractivity contribution in [3.8, 4) is 5.75 Å². The van der Waals surface area contributed by atoms with Crippen LogP contribution < -0.4 is 19.8 Å². The Morgan fingerprint density at radius 1 is 0.959 bits per heavy atom. The van der Waals surface area contributed by atoms with Crippen LogP contribution in [0.15, 0.2) is 76.6 Å². The number of anilines is 2. The summed E-state index contributed by atoms with van der Waals surface area (Å²) in [4.78, 5) is 57.4. The van der Waals surface area contributed by atoms with E-state index in [1.807, 2.05) is 6.07 Å². The molecule has 7 atom stereocenters. The molecule has 1 aromatic heterocycles. The van der Waals surface area contributed by atoms with Gasteiger partial charge >= 0.3 is 11.0 Å². The highest BCUT2D eigenvalue weighted by Gasteiger charge is 2.70. The Balaban J connectivity index is 1.09. The van der Waals surface area contributed by atoms with E-state index in [1.165, 1.54) is 36.0 Å². The Labute approximate surface area is 294 Å². The molecular weight excluding hydrogens is 722 g/mol.